The summed E-state index contributed by atoms with van der Waals surface area (Å²) in [7, 11) is 0. The fourth-order valence-corrected chi connectivity index (χ4v) is 1.58. The van der Waals surface area contributed by atoms with Crippen molar-refractivity contribution < 1.29 is 19.4 Å². The first-order chi connectivity index (χ1) is 9.00. The second-order valence-electron chi connectivity index (χ2n) is 4.77. The molecule has 0 heterocycles. The minimum absolute atomic E-state index is 0.223. The van der Waals surface area contributed by atoms with Crippen molar-refractivity contribution in [1.82, 2.24) is 0 Å². The van der Waals surface area contributed by atoms with Crippen molar-refractivity contribution in [2.24, 2.45) is 0 Å². The van der Waals surface area contributed by atoms with E-state index in [0.717, 1.165) is 11.1 Å². The van der Waals surface area contributed by atoms with Crippen LogP contribution in [0, 0.1) is 0 Å². The van der Waals surface area contributed by atoms with Crippen molar-refractivity contribution in [3.63, 3.8) is 0 Å². The molecular weight excluding hydrogens is 244 g/mol. The van der Waals surface area contributed by atoms with Crippen LogP contribution in [0.1, 0.15) is 37.8 Å². The molecule has 0 bridgehead atoms. The Morgan fingerprint density at radius 2 is 1.79 bits per heavy atom. The first kappa shape index (κ1) is 15.7. The van der Waals surface area contributed by atoms with Gasteiger partial charge in [0.15, 0.2) is 0 Å². The molecule has 1 unspecified atom stereocenters. The van der Waals surface area contributed by atoms with Gasteiger partial charge >= 0.3 is 5.97 Å². The van der Waals surface area contributed by atoms with Gasteiger partial charge in [-0.15, -0.1) is 0 Å². The molecule has 0 saturated heterocycles. The van der Waals surface area contributed by atoms with Crippen molar-refractivity contribution in [2.75, 3.05) is 13.2 Å². The van der Waals surface area contributed by atoms with Crippen LogP contribution in [0.4, 0.5) is 0 Å². The first-order valence-electron chi connectivity index (χ1n) is 6.51. The predicted octanol–water partition coefficient (Wildman–Crippen LogP) is 2.82. The van der Waals surface area contributed by atoms with E-state index in [1.165, 1.54) is 0 Å². The molecule has 0 fully saturated rings. The lowest BCUT2D eigenvalue weighted by molar-refractivity contribution is -0.138. The van der Waals surface area contributed by atoms with E-state index in [9.17, 15) is 4.79 Å². The topological polar surface area (TPSA) is 55.8 Å². The van der Waals surface area contributed by atoms with Crippen molar-refractivity contribution in [3.05, 3.63) is 35.4 Å². The summed E-state index contributed by atoms with van der Waals surface area (Å²) < 4.78 is 10.8. The number of carbonyl (C=O) groups is 1. The molecule has 106 valence electrons. The van der Waals surface area contributed by atoms with Gasteiger partial charge in [0.05, 0.1) is 31.8 Å². The summed E-state index contributed by atoms with van der Waals surface area (Å²) in [6, 6.07) is 7.47. The fraction of sp³-hybridized carbons (Fsp3) is 0.533. The standard InChI is InChI=1S/C15H22O4/c1-11(2)19-9-8-18-10-13-4-6-14(7-5-13)12(3)15(16)17/h4-7,11-12H,8-10H2,1-3H3,(H,16,17). The summed E-state index contributed by atoms with van der Waals surface area (Å²) in [5, 5.41) is 8.91. The van der Waals surface area contributed by atoms with E-state index in [1.54, 1.807) is 6.92 Å². The van der Waals surface area contributed by atoms with Crippen molar-refractivity contribution in [1.29, 1.82) is 0 Å². The maximum absolute atomic E-state index is 10.8. The Morgan fingerprint density at radius 1 is 1.16 bits per heavy atom. The molecule has 1 aromatic rings. The smallest absolute Gasteiger partial charge is 0.310 e. The van der Waals surface area contributed by atoms with E-state index >= 15 is 0 Å². The van der Waals surface area contributed by atoms with Gasteiger partial charge in [-0.05, 0) is 31.9 Å². The second-order valence-corrected chi connectivity index (χ2v) is 4.77. The van der Waals surface area contributed by atoms with E-state index in [-0.39, 0.29) is 6.10 Å². The lowest BCUT2D eigenvalue weighted by atomic mass is 10.0. The number of carboxylic acids is 1. The van der Waals surface area contributed by atoms with Crippen LogP contribution in [-0.2, 0) is 20.9 Å². The van der Waals surface area contributed by atoms with E-state index in [1.807, 2.05) is 38.1 Å². The molecule has 19 heavy (non-hydrogen) atoms. The quantitative estimate of drug-likeness (QED) is 0.735. The van der Waals surface area contributed by atoms with Crippen molar-refractivity contribution >= 4 is 5.97 Å². The third-order valence-electron chi connectivity index (χ3n) is 2.80. The van der Waals surface area contributed by atoms with E-state index in [0.29, 0.717) is 19.8 Å². The monoisotopic (exact) mass is 266 g/mol. The summed E-state index contributed by atoms with van der Waals surface area (Å²) in [6.45, 7) is 7.32. The Bertz CT molecular complexity index is 384. The number of hydrogen-bond acceptors (Lipinski definition) is 3. The zero-order valence-corrected chi connectivity index (χ0v) is 11.8. The highest BCUT2D eigenvalue weighted by molar-refractivity contribution is 5.75. The average Bonchev–Trinajstić information content (AvgIpc) is 2.37. The Kier molecular flexibility index (Phi) is 6.53. The van der Waals surface area contributed by atoms with Gasteiger partial charge in [0.25, 0.3) is 0 Å². The molecule has 1 rings (SSSR count). The largest absolute Gasteiger partial charge is 0.481 e. The molecule has 0 radical (unpaired) electrons. The maximum Gasteiger partial charge on any atom is 0.310 e. The van der Waals surface area contributed by atoms with Gasteiger partial charge in [-0.3, -0.25) is 4.79 Å². The number of rotatable bonds is 8. The fourth-order valence-electron chi connectivity index (χ4n) is 1.58. The SMILES string of the molecule is CC(C)OCCOCc1ccc(C(C)C(=O)O)cc1. The van der Waals surface area contributed by atoms with Crippen LogP contribution in [0.25, 0.3) is 0 Å². The Morgan fingerprint density at radius 3 is 2.32 bits per heavy atom. The molecule has 1 atom stereocenters. The average molecular weight is 266 g/mol. The highest BCUT2D eigenvalue weighted by Crippen LogP contribution is 2.16. The molecule has 0 spiro atoms. The van der Waals surface area contributed by atoms with Crippen LogP contribution >= 0.6 is 0 Å². The summed E-state index contributed by atoms with van der Waals surface area (Å²) in [5.41, 5.74) is 1.84. The van der Waals surface area contributed by atoms with Gasteiger partial charge < -0.3 is 14.6 Å². The van der Waals surface area contributed by atoms with Crippen molar-refractivity contribution in [2.45, 2.75) is 39.4 Å². The van der Waals surface area contributed by atoms with Gasteiger partial charge in [-0.1, -0.05) is 24.3 Å². The molecule has 0 aromatic heterocycles. The number of ether oxygens (including phenoxy) is 2. The molecule has 0 aliphatic heterocycles. The summed E-state index contributed by atoms with van der Waals surface area (Å²) in [6.07, 6.45) is 0.223. The van der Waals surface area contributed by atoms with Crippen LogP contribution in [0.2, 0.25) is 0 Å². The van der Waals surface area contributed by atoms with Gasteiger partial charge in [-0.25, -0.2) is 0 Å². The highest BCUT2D eigenvalue weighted by Gasteiger charge is 2.12. The third-order valence-corrected chi connectivity index (χ3v) is 2.80. The lowest BCUT2D eigenvalue weighted by Gasteiger charge is -2.09. The maximum atomic E-state index is 10.8. The molecule has 4 nitrogen and oxygen atoms in total. The summed E-state index contributed by atoms with van der Waals surface area (Å²) in [5.74, 6) is -1.29. The van der Waals surface area contributed by atoms with Gasteiger partial charge in [0, 0.05) is 0 Å². The van der Waals surface area contributed by atoms with Gasteiger partial charge in [0.1, 0.15) is 0 Å². The normalized spacial score (nSPS) is 12.6. The molecule has 4 heteroatoms. The van der Waals surface area contributed by atoms with Crippen LogP contribution in [-0.4, -0.2) is 30.4 Å². The molecule has 1 N–H and O–H groups in total. The molecule has 1 aromatic carbocycles. The van der Waals surface area contributed by atoms with Crippen LogP contribution in [0.3, 0.4) is 0 Å². The Labute approximate surface area is 114 Å². The molecule has 0 amide bonds. The number of benzene rings is 1. The lowest BCUT2D eigenvalue weighted by Crippen LogP contribution is -2.09. The van der Waals surface area contributed by atoms with Gasteiger partial charge in [0.2, 0.25) is 0 Å². The van der Waals surface area contributed by atoms with E-state index < -0.39 is 11.9 Å². The van der Waals surface area contributed by atoms with Gasteiger partial charge in [-0.2, -0.15) is 0 Å². The number of aliphatic carboxylic acids is 1. The van der Waals surface area contributed by atoms with Crippen LogP contribution in [0.5, 0.6) is 0 Å². The Hall–Kier alpha value is -1.39. The molecule has 0 aliphatic carbocycles. The zero-order valence-electron chi connectivity index (χ0n) is 11.8. The van der Waals surface area contributed by atoms with Crippen LogP contribution < -0.4 is 0 Å². The summed E-state index contributed by atoms with van der Waals surface area (Å²) >= 11 is 0. The third kappa shape index (κ3) is 5.85. The molecular formula is C15H22O4. The minimum atomic E-state index is -0.810. The minimum Gasteiger partial charge on any atom is -0.481 e. The molecule has 0 aliphatic rings. The van der Waals surface area contributed by atoms with Crippen LogP contribution in [0.15, 0.2) is 24.3 Å². The van der Waals surface area contributed by atoms with Crippen molar-refractivity contribution in [3.8, 4) is 0 Å². The number of hydrogen-bond donors (Lipinski definition) is 1. The molecule has 0 saturated carbocycles. The van der Waals surface area contributed by atoms with E-state index in [4.69, 9.17) is 14.6 Å². The Balaban J connectivity index is 2.34. The number of carboxylic acid groups (broad SMARTS) is 1. The zero-order chi connectivity index (χ0) is 14.3. The summed E-state index contributed by atoms with van der Waals surface area (Å²) in [4.78, 5) is 10.8. The highest BCUT2D eigenvalue weighted by atomic mass is 16.5. The second kappa shape index (κ2) is 7.92. The first-order valence-corrected chi connectivity index (χ1v) is 6.51. The predicted molar refractivity (Wildman–Crippen MR) is 73.2 cm³/mol. The van der Waals surface area contributed by atoms with E-state index in [2.05, 4.69) is 0 Å².